The highest BCUT2D eigenvalue weighted by Gasteiger charge is 2.14. The van der Waals surface area contributed by atoms with Crippen molar-refractivity contribution in [3.63, 3.8) is 0 Å². The molecule has 4 nitrogen and oxygen atoms in total. The Hall–Kier alpha value is -2.14. The highest BCUT2D eigenvalue weighted by Crippen LogP contribution is 2.20. The Labute approximate surface area is 140 Å². The van der Waals surface area contributed by atoms with E-state index in [0.29, 0.717) is 16.5 Å². The summed E-state index contributed by atoms with van der Waals surface area (Å²) in [6, 6.07) is 9.59. The molecule has 0 saturated heterocycles. The van der Waals surface area contributed by atoms with Crippen molar-refractivity contribution in [3.05, 3.63) is 51.7 Å². The number of hydrogen-bond acceptors (Lipinski definition) is 4. The van der Waals surface area contributed by atoms with E-state index in [9.17, 15) is 9.59 Å². The van der Waals surface area contributed by atoms with Crippen LogP contribution in [0.4, 0.5) is 5.69 Å². The summed E-state index contributed by atoms with van der Waals surface area (Å²) in [4.78, 5) is 24.2. The zero-order valence-electron chi connectivity index (χ0n) is 13.6. The van der Waals surface area contributed by atoms with Crippen LogP contribution < -0.4 is 5.32 Å². The first kappa shape index (κ1) is 17.2. The number of benzene rings is 1. The predicted molar refractivity (Wildman–Crippen MR) is 93.1 cm³/mol. The van der Waals surface area contributed by atoms with Crippen molar-refractivity contribution < 1.29 is 14.3 Å². The molecule has 5 heteroatoms. The minimum atomic E-state index is -0.459. The molecule has 1 N–H and O–H groups in total. The number of amides is 1. The minimum Gasteiger partial charge on any atom is -0.451 e. The number of ether oxygens (including phenoxy) is 1. The molecule has 0 aliphatic carbocycles. The molecule has 1 atom stereocenters. The van der Waals surface area contributed by atoms with Crippen molar-refractivity contribution in [3.8, 4) is 0 Å². The number of esters is 1. The molecule has 1 aromatic heterocycles. The lowest BCUT2D eigenvalue weighted by Gasteiger charge is -2.10. The fourth-order valence-corrected chi connectivity index (χ4v) is 2.92. The zero-order valence-corrected chi connectivity index (χ0v) is 14.4. The molecule has 1 aromatic carbocycles. The Balaban J connectivity index is 1.85. The Kier molecular flexibility index (Phi) is 5.93. The van der Waals surface area contributed by atoms with Crippen LogP contribution in [0.1, 0.15) is 47.0 Å². The average molecular weight is 331 g/mol. The molecule has 0 aliphatic rings. The molecule has 0 radical (unpaired) electrons. The van der Waals surface area contributed by atoms with E-state index in [0.717, 1.165) is 12.0 Å². The van der Waals surface area contributed by atoms with Crippen LogP contribution in [0.3, 0.4) is 0 Å². The van der Waals surface area contributed by atoms with Gasteiger partial charge in [-0.05, 0) is 54.0 Å². The first-order valence-electron chi connectivity index (χ1n) is 7.62. The van der Waals surface area contributed by atoms with Gasteiger partial charge in [0.1, 0.15) is 4.88 Å². The monoisotopic (exact) mass is 331 g/mol. The van der Waals surface area contributed by atoms with Crippen molar-refractivity contribution in [2.75, 3.05) is 11.9 Å². The van der Waals surface area contributed by atoms with Crippen LogP contribution in [-0.2, 0) is 9.53 Å². The quantitative estimate of drug-likeness (QED) is 0.800. The molecule has 0 saturated carbocycles. The molecular formula is C18H21NO3S. The second-order valence-corrected chi connectivity index (χ2v) is 6.40. The molecule has 2 rings (SSSR count). The van der Waals surface area contributed by atoms with Gasteiger partial charge in [0.25, 0.3) is 5.91 Å². The molecule has 0 spiro atoms. The Morgan fingerprint density at radius 2 is 1.91 bits per heavy atom. The summed E-state index contributed by atoms with van der Waals surface area (Å²) >= 11 is 1.31. The number of anilines is 1. The van der Waals surface area contributed by atoms with Crippen LogP contribution in [0.5, 0.6) is 0 Å². The fourth-order valence-electron chi connectivity index (χ4n) is 2.11. The van der Waals surface area contributed by atoms with Crippen LogP contribution in [0.2, 0.25) is 0 Å². The van der Waals surface area contributed by atoms with Crippen molar-refractivity contribution in [1.29, 1.82) is 0 Å². The van der Waals surface area contributed by atoms with Gasteiger partial charge in [-0.3, -0.25) is 4.79 Å². The van der Waals surface area contributed by atoms with Crippen molar-refractivity contribution in [2.45, 2.75) is 33.1 Å². The topological polar surface area (TPSA) is 55.4 Å². The Bertz CT molecular complexity index is 676. The third kappa shape index (κ3) is 4.66. The standard InChI is InChI=1S/C18H21NO3S/c1-4-12(2)14-5-7-15(8-6-14)19-16(20)11-22-18(21)17-13(3)9-10-23-17/h5-10,12H,4,11H2,1-3H3,(H,19,20)/t12-/m0/s1. The second-order valence-electron chi connectivity index (χ2n) is 5.49. The molecule has 23 heavy (non-hydrogen) atoms. The van der Waals surface area contributed by atoms with Crippen molar-refractivity contribution in [2.24, 2.45) is 0 Å². The van der Waals surface area contributed by atoms with E-state index in [4.69, 9.17) is 4.74 Å². The van der Waals surface area contributed by atoms with Crippen molar-refractivity contribution >= 4 is 28.9 Å². The Morgan fingerprint density at radius 3 is 2.48 bits per heavy atom. The van der Waals surface area contributed by atoms with E-state index >= 15 is 0 Å². The van der Waals surface area contributed by atoms with E-state index in [1.807, 2.05) is 42.6 Å². The largest absolute Gasteiger partial charge is 0.451 e. The molecule has 0 aliphatic heterocycles. The number of carbonyl (C=O) groups is 2. The summed E-state index contributed by atoms with van der Waals surface area (Å²) in [5.41, 5.74) is 2.80. The molecular weight excluding hydrogens is 310 g/mol. The van der Waals surface area contributed by atoms with Crippen LogP contribution in [-0.4, -0.2) is 18.5 Å². The molecule has 0 unspecified atom stereocenters. The van der Waals surface area contributed by atoms with Gasteiger partial charge < -0.3 is 10.1 Å². The first-order valence-corrected chi connectivity index (χ1v) is 8.50. The van der Waals surface area contributed by atoms with Gasteiger partial charge in [0.05, 0.1) is 0 Å². The summed E-state index contributed by atoms with van der Waals surface area (Å²) < 4.78 is 5.04. The molecule has 122 valence electrons. The highest BCUT2D eigenvalue weighted by atomic mass is 32.1. The molecule has 2 aromatic rings. The predicted octanol–water partition coefficient (Wildman–Crippen LogP) is 4.37. The SMILES string of the molecule is CC[C@H](C)c1ccc(NC(=O)COC(=O)c2sccc2C)cc1. The molecule has 1 heterocycles. The van der Waals surface area contributed by atoms with E-state index in [1.165, 1.54) is 16.9 Å². The van der Waals surface area contributed by atoms with E-state index in [-0.39, 0.29) is 12.5 Å². The van der Waals surface area contributed by atoms with Gasteiger partial charge in [0.15, 0.2) is 6.61 Å². The van der Waals surface area contributed by atoms with Crippen molar-refractivity contribution in [1.82, 2.24) is 0 Å². The lowest BCUT2D eigenvalue weighted by molar-refractivity contribution is -0.119. The van der Waals surface area contributed by atoms with Crippen LogP contribution in [0.25, 0.3) is 0 Å². The minimum absolute atomic E-state index is 0.288. The van der Waals surface area contributed by atoms with E-state index in [2.05, 4.69) is 19.2 Å². The highest BCUT2D eigenvalue weighted by molar-refractivity contribution is 7.12. The molecule has 0 bridgehead atoms. The number of aryl methyl sites for hydroxylation is 1. The van der Waals surface area contributed by atoms with Gasteiger partial charge in [-0.2, -0.15) is 0 Å². The summed E-state index contributed by atoms with van der Waals surface area (Å²) in [5.74, 6) is -0.307. The molecule has 1 amide bonds. The first-order chi connectivity index (χ1) is 11.0. The van der Waals surface area contributed by atoms with Crippen LogP contribution in [0, 0.1) is 6.92 Å². The number of thiophene rings is 1. The average Bonchev–Trinajstić information content (AvgIpc) is 2.98. The summed E-state index contributed by atoms with van der Waals surface area (Å²) in [5, 5.41) is 4.55. The lowest BCUT2D eigenvalue weighted by Crippen LogP contribution is -2.20. The summed E-state index contributed by atoms with van der Waals surface area (Å²) in [7, 11) is 0. The maximum Gasteiger partial charge on any atom is 0.349 e. The number of nitrogens with one attached hydrogen (secondary N) is 1. The summed E-state index contributed by atoms with van der Waals surface area (Å²) in [6.45, 7) is 5.86. The van der Waals surface area contributed by atoms with Gasteiger partial charge in [0, 0.05) is 5.69 Å². The van der Waals surface area contributed by atoms with Gasteiger partial charge in [-0.15, -0.1) is 11.3 Å². The van der Waals surface area contributed by atoms with Gasteiger partial charge >= 0.3 is 5.97 Å². The van der Waals surface area contributed by atoms with E-state index < -0.39 is 5.97 Å². The summed E-state index contributed by atoms with van der Waals surface area (Å²) in [6.07, 6.45) is 1.07. The van der Waals surface area contributed by atoms with E-state index in [1.54, 1.807) is 0 Å². The second kappa shape index (κ2) is 7.92. The Morgan fingerprint density at radius 1 is 1.22 bits per heavy atom. The fraction of sp³-hybridized carbons (Fsp3) is 0.333. The maximum atomic E-state index is 11.9. The van der Waals surface area contributed by atoms with Gasteiger partial charge in [0.2, 0.25) is 0 Å². The number of hydrogen-bond donors (Lipinski definition) is 1. The van der Waals surface area contributed by atoms with Gasteiger partial charge in [-0.1, -0.05) is 26.0 Å². The number of carbonyl (C=O) groups excluding carboxylic acids is 2. The van der Waals surface area contributed by atoms with Gasteiger partial charge in [-0.25, -0.2) is 4.79 Å². The normalized spacial score (nSPS) is 11.8. The number of rotatable bonds is 6. The third-order valence-corrected chi connectivity index (χ3v) is 4.75. The van der Waals surface area contributed by atoms with Crippen LogP contribution in [0.15, 0.2) is 35.7 Å². The third-order valence-electron chi connectivity index (χ3n) is 3.76. The zero-order chi connectivity index (χ0) is 16.8. The smallest absolute Gasteiger partial charge is 0.349 e. The molecule has 0 fully saturated rings. The lowest BCUT2D eigenvalue weighted by atomic mass is 9.99. The van der Waals surface area contributed by atoms with Crippen LogP contribution >= 0.6 is 11.3 Å². The maximum absolute atomic E-state index is 11.9.